The van der Waals surface area contributed by atoms with Crippen LogP contribution < -0.4 is 5.73 Å². The molecule has 0 aromatic carbocycles. The van der Waals surface area contributed by atoms with Gasteiger partial charge in [-0.2, -0.15) is 0 Å². The van der Waals surface area contributed by atoms with Gasteiger partial charge < -0.3 is 5.73 Å². The van der Waals surface area contributed by atoms with Gasteiger partial charge in [0, 0.05) is 6.42 Å². The zero-order valence-corrected chi connectivity index (χ0v) is 5.11. The summed E-state index contributed by atoms with van der Waals surface area (Å²) in [6, 6.07) is -0.914. The predicted molar refractivity (Wildman–Crippen MR) is 31.1 cm³/mol. The summed E-state index contributed by atoms with van der Waals surface area (Å²) in [5, 5.41) is 0. The van der Waals surface area contributed by atoms with E-state index < -0.39 is 12.0 Å². The molecule has 0 amide bonds. The Bertz CT molecular complexity index is 103. The minimum absolute atomic E-state index is 0.145. The van der Waals surface area contributed by atoms with Crippen molar-refractivity contribution in [2.24, 2.45) is 5.73 Å². The topological polar surface area (TPSA) is 26.0 Å². The van der Waals surface area contributed by atoms with Gasteiger partial charge in [0.25, 0.3) is 5.92 Å². The van der Waals surface area contributed by atoms with Gasteiger partial charge >= 0.3 is 0 Å². The molecule has 53 valence electrons. The summed E-state index contributed by atoms with van der Waals surface area (Å²) in [5.41, 5.74) is 5.14. The van der Waals surface area contributed by atoms with Gasteiger partial charge in [0.2, 0.25) is 0 Å². The summed E-state index contributed by atoms with van der Waals surface area (Å²) in [6.07, 6.45) is 2.61. The molecule has 1 fully saturated rings. The lowest BCUT2D eigenvalue weighted by Crippen LogP contribution is -2.43. The van der Waals surface area contributed by atoms with Crippen molar-refractivity contribution in [2.75, 3.05) is 0 Å². The van der Waals surface area contributed by atoms with Crippen LogP contribution in [0.25, 0.3) is 0 Å². The van der Waals surface area contributed by atoms with Crippen molar-refractivity contribution in [3.63, 3.8) is 0 Å². The molecular weight excluding hydrogens is 124 g/mol. The van der Waals surface area contributed by atoms with Gasteiger partial charge in [0.15, 0.2) is 0 Å². The molecule has 1 aliphatic carbocycles. The highest BCUT2D eigenvalue weighted by Crippen LogP contribution is 2.31. The summed E-state index contributed by atoms with van der Waals surface area (Å²) in [7, 11) is 0. The highest BCUT2D eigenvalue weighted by Gasteiger charge is 2.38. The van der Waals surface area contributed by atoms with Crippen LogP contribution in [-0.2, 0) is 0 Å². The summed E-state index contributed by atoms with van der Waals surface area (Å²) in [4.78, 5) is 0. The fraction of sp³-hybridized carbons (Fsp3) is 0.833. The molecule has 0 saturated heterocycles. The average Bonchev–Trinajstić information content (AvgIpc) is 1.77. The first-order chi connectivity index (χ1) is 4.13. The van der Waals surface area contributed by atoms with Crippen LogP contribution >= 0.6 is 0 Å². The molecule has 0 bridgehead atoms. The van der Waals surface area contributed by atoms with Gasteiger partial charge in [0.05, 0.1) is 6.04 Å². The van der Waals surface area contributed by atoms with Crippen LogP contribution in [0.4, 0.5) is 8.78 Å². The molecule has 0 spiro atoms. The van der Waals surface area contributed by atoms with Gasteiger partial charge in [-0.25, -0.2) is 8.78 Å². The maximum atomic E-state index is 12.4. The minimum atomic E-state index is -2.64. The van der Waals surface area contributed by atoms with Crippen molar-refractivity contribution in [3.8, 4) is 0 Å². The van der Waals surface area contributed by atoms with Crippen LogP contribution in [0, 0.1) is 6.42 Å². The highest BCUT2D eigenvalue weighted by atomic mass is 19.3. The lowest BCUT2D eigenvalue weighted by atomic mass is 9.92. The van der Waals surface area contributed by atoms with E-state index in [2.05, 4.69) is 0 Å². The third-order valence-electron chi connectivity index (χ3n) is 1.64. The van der Waals surface area contributed by atoms with E-state index in [1.807, 2.05) is 0 Å². The molecule has 1 radical (unpaired) electrons. The Labute approximate surface area is 53.2 Å². The van der Waals surface area contributed by atoms with E-state index in [0.29, 0.717) is 6.42 Å². The fourth-order valence-corrected chi connectivity index (χ4v) is 0.954. The molecule has 0 aromatic heterocycles. The van der Waals surface area contributed by atoms with Gasteiger partial charge in [-0.3, -0.25) is 0 Å². The van der Waals surface area contributed by atoms with Crippen molar-refractivity contribution in [3.05, 3.63) is 6.42 Å². The average molecular weight is 134 g/mol. The number of rotatable bonds is 0. The third-order valence-corrected chi connectivity index (χ3v) is 1.64. The molecular formula is C6H10F2N. The number of hydrogen-bond donors (Lipinski definition) is 1. The number of halogens is 2. The molecule has 0 aliphatic heterocycles. The van der Waals surface area contributed by atoms with E-state index >= 15 is 0 Å². The van der Waals surface area contributed by atoms with Crippen LogP contribution in [0.5, 0.6) is 0 Å². The second kappa shape index (κ2) is 2.21. The number of nitrogens with two attached hydrogens (primary N) is 1. The van der Waals surface area contributed by atoms with E-state index in [9.17, 15) is 8.78 Å². The quantitative estimate of drug-likeness (QED) is 0.531. The second-order valence-electron chi connectivity index (χ2n) is 2.44. The molecule has 2 N–H and O–H groups in total. The standard InChI is InChI=1S/C6H10F2N/c7-6(8)4-2-1-3-5(6)9/h2,5H,1,3-4,9H2. The number of alkyl halides is 2. The van der Waals surface area contributed by atoms with Crippen LogP contribution in [0.15, 0.2) is 0 Å². The minimum Gasteiger partial charge on any atom is -0.323 e. The lowest BCUT2D eigenvalue weighted by Gasteiger charge is -2.27. The monoisotopic (exact) mass is 134 g/mol. The summed E-state index contributed by atoms with van der Waals surface area (Å²) < 4.78 is 24.9. The zero-order chi connectivity index (χ0) is 6.91. The van der Waals surface area contributed by atoms with Crippen LogP contribution in [0.2, 0.25) is 0 Å². The van der Waals surface area contributed by atoms with Crippen molar-refractivity contribution < 1.29 is 8.78 Å². The molecule has 0 heterocycles. The maximum absolute atomic E-state index is 12.4. The first-order valence-electron chi connectivity index (χ1n) is 3.08. The zero-order valence-electron chi connectivity index (χ0n) is 5.11. The van der Waals surface area contributed by atoms with Crippen molar-refractivity contribution in [1.29, 1.82) is 0 Å². The van der Waals surface area contributed by atoms with E-state index in [1.165, 1.54) is 0 Å². The van der Waals surface area contributed by atoms with Crippen LogP contribution in [-0.4, -0.2) is 12.0 Å². The molecule has 0 aromatic rings. The molecule has 3 heteroatoms. The Morgan fingerprint density at radius 2 is 2.22 bits per heavy atom. The number of hydrogen-bond acceptors (Lipinski definition) is 1. The van der Waals surface area contributed by atoms with Gasteiger partial charge in [-0.1, -0.05) is 0 Å². The molecule has 1 unspecified atom stereocenters. The predicted octanol–water partition coefficient (Wildman–Crippen LogP) is 1.34. The summed E-state index contributed by atoms with van der Waals surface area (Å²) in [5.74, 6) is -2.64. The normalized spacial score (nSPS) is 34.3. The molecule has 1 rings (SSSR count). The summed E-state index contributed by atoms with van der Waals surface area (Å²) >= 11 is 0. The van der Waals surface area contributed by atoms with E-state index in [0.717, 1.165) is 6.42 Å². The van der Waals surface area contributed by atoms with E-state index in [1.54, 1.807) is 6.42 Å². The Balaban J connectivity index is 2.49. The smallest absolute Gasteiger partial charge is 0.263 e. The van der Waals surface area contributed by atoms with Gasteiger partial charge in [-0.15, -0.1) is 0 Å². The first kappa shape index (κ1) is 6.93. The van der Waals surface area contributed by atoms with Gasteiger partial charge in [-0.05, 0) is 19.3 Å². The second-order valence-corrected chi connectivity index (χ2v) is 2.44. The molecule has 9 heavy (non-hydrogen) atoms. The lowest BCUT2D eigenvalue weighted by molar-refractivity contribution is -0.0382. The SMILES string of the molecule is NC1CC[CH]CC1(F)F. The van der Waals surface area contributed by atoms with E-state index in [-0.39, 0.29) is 6.42 Å². The summed E-state index contributed by atoms with van der Waals surface area (Å²) in [6.45, 7) is 0. The Kier molecular flexibility index (Phi) is 1.70. The molecule has 1 saturated carbocycles. The fourth-order valence-electron chi connectivity index (χ4n) is 0.954. The third kappa shape index (κ3) is 1.39. The molecule has 1 aliphatic rings. The van der Waals surface area contributed by atoms with Crippen LogP contribution in [0.1, 0.15) is 19.3 Å². The highest BCUT2D eigenvalue weighted by molar-refractivity contribution is 4.91. The van der Waals surface area contributed by atoms with E-state index in [4.69, 9.17) is 5.73 Å². The Hall–Kier alpha value is -0.180. The van der Waals surface area contributed by atoms with Crippen molar-refractivity contribution in [1.82, 2.24) is 0 Å². The van der Waals surface area contributed by atoms with Crippen molar-refractivity contribution in [2.45, 2.75) is 31.2 Å². The Morgan fingerprint density at radius 1 is 1.56 bits per heavy atom. The van der Waals surface area contributed by atoms with Crippen molar-refractivity contribution >= 4 is 0 Å². The van der Waals surface area contributed by atoms with Crippen LogP contribution in [0.3, 0.4) is 0 Å². The largest absolute Gasteiger partial charge is 0.323 e. The molecule has 1 atom stereocenters. The Morgan fingerprint density at radius 3 is 2.56 bits per heavy atom. The first-order valence-corrected chi connectivity index (χ1v) is 3.08. The molecule has 1 nitrogen and oxygen atoms in total. The van der Waals surface area contributed by atoms with Gasteiger partial charge in [0.1, 0.15) is 0 Å². The maximum Gasteiger partial charge on any atom is 0.263 e.